The van der Waals surface area contributed by atoms with Gasteiger partial charge in [-0.15, -0.1) is 0 Å². The second kappa shape index (κ2) is 7.66. The van der Waals surface area contributed by atoms with Crippen LogP contribution in [0.2, 0.25) is 0 Å². The van der Waals surface area contributed by atoms with Crippen LogP contribution in [0, 0.1) is 5.92 Å². The zero-order valence-electron chi connectivity index (χ0n) is 13.9. The third-order valence-electron chi connectivity index (χ3n) is 4.84. The topological polar surface area (TPSA) is 75.9 Å². The van der Waals surface area contributed by atoms with Gasteiger partial charge < -0.3 is 20.3 Å². The van der Waals surface area contributed by atoms with Gasteiger partial charge in [0, 0.05) is 38.1 Å². The minimum Gasteiger partial charge on any atom is -0.445 e. The molecule has 2 saturated heterocycles. The average Bonchev–Trinajstić information content (AvgIpc) is 3.06. The summed E-state index contributed by atoms with van der Waals surface area (Å²) in [7, 11) is 0. The van der Waals surface area contributed by atoms with Gasteiger partial charge in [0.15, 0.2) is 0 Å². The number of rotatable bonds is 3. The Bertz CT molecular complexity index is 570. The molecule has 1 atom stereocenters. The van der Waals surface area contributed by atoms with Crippen molar-refractivity contribution in [3.05, 3.63) is 35.9 Å². The van der Waals surface area contributed by atoms with E-state index in [0.717, 1.165) is 18.5 Å². The lowest BCUT2D eigenvalue weighted by Gasteiger charge is -2.32. The standard InChI is InChI=1S/C18H25N3O3/c19-16-8-11-21(12-16)17(22)15-6-9-20(10-7-15)18(23)24-13-14-4-2-1-3-5-14/h1-5,15-16H,6-13,19H2/t16-/m1/s1. The minimum absolute atomic E-state index is 0.00785. The molecule has 6 heteroatoms. The van der Waals surface area contributed by atoms with Gasteiger partial charge in [0.05, 0.1) is 0 Å². The molecule has 2 N–H and O–H groups in total. The molecule has 0 aromatic heterocycles. The Morgan fingerprint density at radius 1 is 1.04 bits per heavy atom. The third-order valence-corrected chi connectivity index (χ3v) is 4.84. The lowest BCUT2D eigenvalue weighted by molar-refractivity contribution is -0.135. The van der Waals surface area contributed by atoms with E-state index < -0.39 is 0 Å². The summed E-state index contributed by atoms with van der Waals surface area (Å²) < 4.78 is 5.35. The van der Waals surface area contributed by atoms with Crippen molar-refractivity contribution >= 4 is 12.0 Å². The first-order valence-electron chi connectivity index (χ1n) is 8.63. The van der Waals surface area contributed by atoms with Crippen LogP contribution in [-0.4, -0.2) is 54.0 Å². The normalized spacial score (nSPS) is 21.8. The number of piperidine rings is 1. The predicted molar refractivity (Wildman–Crippen MR) is 90.1 cm³/mol. The van der Waals surface area contributed by atoms with Crippen LogP contribution in [0.15, 0.2) is 30.3 Å². The predicted octanol–water partition coefficient (Wildman–Crippen LogP) is 1.59. The van der Waals surface area contributed by atoms with E-state index in [1.54, 1.807) is 4.90 Å². The van der Waals surface area contributed by atoms with E-state index >= 15 is 0 Å². The van der Waals surface area contributed by atoms with Gasteiger partial charge in [-0.05, 0) is 24.8 Å². The largest absolute Gasteiger partial charge is 0.445 e. The molecule has 2 aliphatic rings. The van der Waals surface area contributed by atoms with Crippen molar-refractivity contribution in [1.82, 2.24) is 9.80 Å². The van der Waals surface area contributed by atoms with Crippen molar-refractivity contribution in [3.8, 4) is 0 Å². The Morgan fingerprint density at radius 3 is 2.33 bits per heavy atom. The molecule has 1 aromatic rings. The van der Waals surface area contributed by atoms with E-state index in [4.69, 9.17) is 10.5 Å². The molecule has 2 amide bonds. The van der Waals surface area contributed by atoms with E-state index in [-0.39, 0.29) is 30.6 Å². The summed E-state index contributed by atoms with van der Waals surface area (Å²) >= 11 is 0. The van der Waals surface area contributed by atoms with Crippen molar-refractivity contribution in [2.45, 2.75) is 31.9 Å². The minimum atomic E-state index is -0.298. The highest BCUT2D eigenvalue weighted by Crippen LogP contribution is 2.22. The van der Waals surface area contributed by atoms with Gasteiger partial charge in [-0.3, -0.25) is 4.79 Å². The Labute approximate surface area is 142 Å². The molecule has 2 heterocycles. The number of benzene rings is 1. The molecular weight excluding hydrogens is 306 g/mol. The van der Waals surface area contributed by atoms with Gasteiger partial charge in [0.25, 0.3) is 0 Å². The molecule has 130 valence electrons. The Morgan fingerprint density at radius 2 is 1.71 bits per heavy atom. The maximum absolute atomic E-state index is 12.5. The molecule has 0 unspecified atom stereocenters. The SMILES string of the molecule is N[C@@H]1CCN(C(=O)C2CCN(C(=O)OCc3ccccc3)CC2)C1. The maximum atomic E-state index is 12.5. The summed E-state index contributed by atoms with van der Waals surface area (Å²) in [6, 6.07) is 9.75. The van der Waals surface area contributed by atoms with Crippen LogP contribution >= 0.6 is 0 Å². The molecule has 0 aliphatic carbocycles. The van der Waals surface area contributed by atoms with Gasteiger partial charge in [0.1, 0.15) is 6.61 Å². The zero-order valence-corrected chi connectivity index (χ0v) is 13.9. The number of nitrogens with zero attached hydrogens (tertiary/aromatic N) is 2. The van der Waals surface area contributed by atoms with E-state index in [1.165, 1.54) is 0 Å². The van der Waals surface area contributed by atoms with Gasteiger partial charge in [-0.2, -0.15) is 0 Å². The van der Waals surface area contributed by atoms with Crippen LogP contribution in [-0.2, 0) is 16.1 Å². The second-order valence-corrected chi connectivity index (χ2v) is 6.63. The summed E-state index contributed by atoms with van der Waals surface area (Å²) in [4.78, 5) is 28.2. The summed E-state index contributed by atoms with van der Waals surface area (Å²) in [6.45, 7) is 2.86. The fourth-order valence-electron chi connectivity index (χ4n) is 3.37. The monoisotopic (exact) mass is 331 g/mol. The second-order valence-electron chi connectivity index (χ2n) is 6.63. The molecule has 24 heavy (non-hydrogen) atoms. The lowest BCUT2D eigenvalue weighted by atomic mass is 9.95. The Kier molecular flexibility index (Phi) is 5.35. The van der Waals surface area contributed by atoms with E-state index in [1.807, 2.05) is 35.2 Å². The van der Waals surface area contributed by atoms with Crippen LogP contribution < -0.4 is 5.73 Å². The van der Waals surface area contributed by atoms with Crippen LogP contribution in [0.1, 0.15) is 24.8 Å². The first-order valence-corrected chi connectivity index (χ1v) is 8.63. The Balaban J connectivity index is 1.43. The number of hydrogen-bond donors (Lipinski definition) is 1. The van der Waals surface area contributed by atoms with Crippen molar-refractivity contribution < 1.29 is 14.3 Å². The number of likely N-dealkylation sites (tertiary alicyclic amines) is 2. The van der Waals surface area contributed by atoms with Gasteiger partial charge in [0.2, 0.25) is 5.91 Å². The highest BCUT2D eigenvalue weighted by molar-refractivity contribution is 5.79. The summed E-state index contributed by atoms with van der Waals surface area (Å²) in [6.07, 6.45) is 1.99. The maximum Gasteiger partial charge on any atom is 0.410 e. The van der Waals surface area contributed by atoms with E-state index in [9.17, 15) is 9.59 Å². The highest BCUT2D eigenvalue weighted by atomic mass is 16.6. The first kappa shape index (κ1) is 16.8. The molecule has 0 saturated carbocycles. The first-order chi connectivity index (χ1) is 11.6. The summed E-state index contributed by atoms with van der Waals surface area (Å²) in [5.74, 6) is 0.203. The van der Waals surface area contributed by atoms with Crippen LogP contribution in [0.25, 0.3) is 0 Å². The van der Waals surface area contributed by atoms with E-state index in [2.05, 4.69) is 0 Å². The van der Waals surface area contributed by atoms with Gasteiger partial charge in [-0.1, -0.05) is 30.3 Å². The molecule has 2 aliphatic heterocycles. The number of hydrogen-bond acceptors (Lipinski definition) is 4. The summed E-state index contributed by atoms with van der Waals surface area (Å²) in [5, 5.41) is 0. The Hall–Kier alpha value is -2.08. The quantitative estimate of drug-likeness (QED) is 0.913. The molecular formula is C18H25N3O3. The number of amides is 2. The molecule has 3 rings (SSSR count). The third kappa shape index (κ3) is 4.06. The number of carbonyl (C=O) groups is 2. The fraction of sp³-hybridized carbons (Fsp3) is 0.556. The van der Waals surface area contributed by atoms with Gasteiger partial charge in [-0.25, -0.2) is 4.79 Å². The molecule has 0 radical (unpaired) electrons. The van der Waals surface area contributed by atoms with Crippen molar-refractivity contribution in [2.24, 2.45) is 11.7 Å². The number of nitrogens with two attached hydrogens (primary N) is 1. The lowest BCUT2D eigenvalue weighted by Crippen LogP contribution is -2.44. The van der Waals surface area contributed by atoms with Crippen LogP contribution in [0.5, 0.6) is 0 Å². The summed E-state index contributed by atoms with van der Waals surface area (Å²) in [5.41, 5.74) is 6.85. The number of carbonyl (C=O) groups excluding carboxylic acids is 2. The zero-order chi connectivity index (χ0) is 16.9. The van der Waals surface area contributed by atoms with E-state index in [0.29, 0.717) is 32.5 Å². The molecule has 6 nitrogen and oxygen atoms in total. The fourth-order valence-corrected chi connectivity index (χ4v) is 3.37. The smallest absolute Gasteiger partial charge is 0.410 e. The highest BCUT2D eigenvalue weighted by Gasteiger charge is 2.33. The van der Waals surface area contributed by atoms with Crippen molar-refractivity contribution in [1.29, 1.82) is 0 Å². The number of ether oxygens (including phenoxy) is 1. The van der Waals surface area contributed by atoms with Crippen molar-refractivity contribution in [3.63, 3.8) is 0 Å². The van der Waals surface area contributed by atoms with Crippen LogP contribution in [0.4, 0.5) is 4.79 Å². The molecule has 2 fully saturated rings. The molecule has 0 bridgehead atoms. The van der Waals surface area contributed by atoms with Gasteiger partial charge >= 0.3 is 6.09 Å². The van der Waals surface area contributed by atoms with Crippen molar-refractivity contribution in [2.75, 3.05) is 26.2 Å². The molecule has 1 aromatic carbocycles. The molecule has 0 spiro atoms. The average molecular weight is 331 g/mol. The van der Waals surface area contributed by atoms with Crippen LogP contribution in [0.3, 0.4) is 0 Å².